The molecule has 226 valence electrons. The van der Waals surface area contributed by atoms with Crippen LogP contribution in [0.2, 0.25) is 10.0 Å². The van der Waals surface area contributed by atoms with Gasteiger partial charge in [0, 0.05) is 36.1 Å². The lowest BCUT2D eigenvalue weighted by molar-refractivity contribution is -0.152. The Morgan fingerprint density at radius 2 is 1.84 bits per heavy atom. The molecule has 1 saturated carbocycles. The molecule has 12 nitrogen and oxygen atoms in total. The van der Waals surface area contributed by atoms with Crippen molar-refractivity contribution in [1.29, 1.82) is 5.26 Å². The van der Waals surface area contributed by atoms with Gasteiger partial charge in [0.1, 0.15) is 22.8 Å². The summed E-state index contributed by atoms with van der Waals surface area (Å²) in [5.74, 6) is -2.42. The topological polar surface area (TPSA) is 161 Å². The fraction of sp³-hybridized carbons (Fsp3) is 0.333. The molecule has 3 heterocycles. The van der Waals surface area contributed by atoms with Crippen LogP contribution in [0.15, 0.2) is 48.7 Å². The minimum absolute atomic E-state index is 0.0503. The van der Waals surface area contributed by atoms with Crippen LogP contribution in [0.5, 0.6) is 0 Å². The number of piperazine rings is 1. The van der Waals surface area contributed by atoms with Crippen LogP contribution < -0.4 is 15.5 Å². The molecule has 3 aliphatic rings. The van der Waals surface area contributed by atoms with Crippen LogP contribution in [0, 0.1) is 11.3 Å². The summed E-state index contributed by atoms with van der Waals surface area (Å²) in [6.45, 7) is 2.44. The van der Waals surface area contributed by atoms with Crippen LogP contribution in [0.1, 0.15) is 41.4 Å². The van der Waals surface area contributed by atoms with E-state index >= 15 is 0 Å². The number of fused-ring (bicyclic) bond motifs is 1. The van der Waals surface area contributed by atoms with E-state index in [-0.39, 0.29) is 37.1 Å². The number of nitrogens with one attached hydrogen (secondary N) is 2. The van der Waals surface area contributed by atoms with E-state index in [1.807, 2.05) is 0 Å². The lowest BCUT2D eigenvalue weighted by Crippen LogP contribution is -2.62. The predicted molar refractivity (Wildman–Crippen MR) is 160 cm³/mol. The largest absolute Gasteiger partial charge is 0.480 e. The maximum atomic E-state index is 14.3. The second-order valence-corrected chi connectivity index (χ2v) is 12.3. The van der Waals surface area contributed by atoms with Gasteiger partial charge >= 0.3 is 5.97 Å². The quantitative estimate of drug-likeness (QED) is 0.357. The summed E-state index contributed by atoms with van der Waals surface area (Å²) in [6, 6.07) is 12.5. The van der Waals surface area contributed by atoms with Crippen molar-refractivity contribution >= 4 is 58.5 Å². The average Bonchev–Trinajstić information content (AvgIpc) is 3.58. The molecule has 2 aromatic carbocycles. The third-order valence-electron chi connectivity index (χ3n) is 8.37. The number of anilines is 2. The zero-order chi connectivity index (χ0) is 31.4. The Bertz CT molecular complexity index is 1730. The van der Waals surface area contributed by atoms with Gasteiger partial charge in [0.2, 0.25) is 11.9 Å². The summed E-state index contributed by atoms with van der Waals surface area (Å²) in [6.07, 6.45) is 2.20. The van der Waals surface area contributed by atoms with Crippen LogP contribution in [-0.2, 0) is 26.3 Å². The van der Waals surface area contributed by atoms with Crippen molar-refractivity contribution < 1.29 is 24.3 Å². The predicted octanol–water partition coefficient (Wildman–Crippen LogP) is 2.85. The van der Waals surface area contributed by atoms with Crippen LogP contribution in [0.25, 0.3) is 0 Å². The molecule has 3 N–H and O–H groups in total. The standard InChI is InChI=1S/C30H27Cl2N7O5/c1-29(13-17-2-4-18(14-33)5-3-17)26(43)38(21-11-19(31)10-20(32)12-21)28-35-16-22(39(28)29)24(40)36-30(6-7-30)27(44)37-9-8-34-15-23(37)25(41)42/h2-5,10-12,16,23,34H,6-9,13,15H2,1H3,(H,36,40)(H,41,42)/t23?,29-/m1/s1. The van der Waals surface area contributed by atoms with Gasteiger partial charge in [-0.3, -0.25) is 19.0 Å². The van der Waals surface area contributed by atoms with Crippen molar-refractivity contribution in [2.75, 3.05) is 24.5 Å². The average molecular weight is 636 g/mol. The molecule has 1 aliphatic carbocycles. The first kappa shape index (κ1) is 29.6. The van der Waals surface area contributed by atoms with Crippen molar-refractivity contribution in [3.05, 3.63) is 75.5 Å². The summed E-state index contributed by atoms with van der Waals surface area (Å²) in [5, 5.41) is 25.3. The molecule has 2 fully saturated rings. The van der Waals surface area contributed by atoms with Crippen molar-refractivity contribution in [3.8, 4) is 6.07 Å². The number of carboxylic acid groups (broad SMARTS) is 1. The second kappa shape index (κ2) is 10.9. The van der Waals surface area contributed by atoms with Crippen molar-refractivity contribution in [1.82, 2.24) is 25.1 Å². The summed E-state index contributed by atoms with van der Waals surface area (Å²) in [4.78, 5) is 60.7. The van der Waals surface area contributed by atoms with E-state index in [4.69, 9.17) is 23.2 Å². The van der Waals surface area contributed by atoms with Gasteiger partial charge in [-0.15, -0.1) is 0 Å². The molecular formula is C30H27Cl2N7O5. The summed E-state index contributed by atoms with van der Waals surface area (Å²) in [5.41, 5.74) is -0.987. The maximum Gasteiger partial charge on any atom is 0.327 e. The van der Waals surface area contributed by atoms with E-state index in [1.165, 1.54) is 22.1 Å². The maximum absolute atomic E-state index is 14.3. The molecule has 6 rings (SSSR count). The first-order chi connectivity index (χ1) is 21.0. The molecule has 1 unspecified atom stereocenters. The smallest absolute Gasteiger partial charge is 0.327 e. The highest BCUT2D eigenvalue weighted by atomic mass is 35.5. The molecule has 1 saturated heterocycles. The zero-order valence-electron chi connectivity index (χ0n) is 23.5. The molecule has 3 amide bonds. The fourth-order valence-electron chi connectivity index (χ4n) is 5.97. The number of imidazole rings is 1. The number of halogens is 2. The van der Waals surface area contributed by atoms with Gasteiger partial charge in [-0.25, -0.2) is 14.7 Å². The van der Waals surface area contributed by atoms with Crippen LogP contribution >= 0.6 is 23.2 Å². The first-order valence-corrected chi connectivity index (χ1v) is 14.7. The van der Waals surface area contributed by atoms with E-state index in [2.05, 4.69) is 21.7 Å². The number of carbonyl (C=O) groups excluding carboxylic acids is 3. The minimum Gasteiger partial charge on any atom is -0.480 e. The highest BCUT2D eigenvalue weighted by molar-refractivity contribution is 6.35. The van der Waals surface area contributed by atoms with Gasteiger partial charge < -0.3 is 20.6 Å². The molecule has 2 atom stereocenters. The number of rotatable bonds is 7. The molecule has 3 aromatic rings. The van der Waals surface area contributed by atoms with Gasteiger partial charge in [-0.2, -0.15) is 5.26 Å². The van der Waals surface area contributed by atoms with Crippen molar-refractivity contribution in [3.63, 3.8) is 0 Å². The summed E-state index contributed by atoms with van der Waals surface area (Å²) < 4.78 is 1.54. The van der Waals surface area contributed by atoms with E-state index in [1.54, 1.807) is 47.9 Å². The Morgan fingerprint density at radius 1 is 1.16 bits per heavy atom. The molecule has 14 heteroatoms. The Labute approximate surface area is 262 Å². The third kappa shape index (κ3) is 4.96. The SMILES string of the molecule is C[C@@]1(Cc2ccc(C#N)cc2)C(=O)N(c2cc(Cl)cc(Cl)c2)c2ncc(C(=O)NC3(C(=O)N4CCNCC4C(=O)O)CC3)n21. The molecule has 44 heavy (non-hydrogen) atoms. The van der Waals surface area contributed by atoms with E-state index < -0.39 is 34.9 Å². The Morgan fingerprint density at radius 3 is 2.45 bits per heavy atom. The van der Waals surface area contributed by atoms with Crippen LogP contribution in [0.3, 0.4) is 0 Å². The number of benzene rings is 2. The molecule has 0 radical (unpaired) electrons. The van der Waals surface area contributed by atoms with Gasteiger partial charge in [-0.1, -0.05) is 35.3 Å². The Balaban J connectivity index is 1.37. The van der Waals surface area contributed by atoms with Gasteiger partial charge in [0.15, 0.2) is 0 Å². The Hall–Kier alpha value is -4.44. The monoisotopic (exact) mass is 635 g/mol. The number of amides is 3. The fourth-order valence-corrected chi connectivity index (χ4v) is 6.48. The van der Waals surface area contributed by atoms with Crippen LogP contribution in [0.4, 0.5) is 11.6 Å². The molecule has 2 aliphatic heterocycles. The number of nitriles is 1. The van der Waals surface area contributed by atoms with Crippen molar-refractivity contribution in [2.45, 2.75) is 43.3 Å². The van der Waals surface area contributed by atoms with E-state index in [0.29, 0.717) is 40.7 Å². The molecular weight excluding hydrogens is 609 g/mol. The van der Waals surface area contributed by atoms with E-state index in [0.717, 1.165) is 5.56 Å². The highest BCUT2D eigenvalue weighted by Gasteiger charge is 2.56. The lowest BCUT2D eigenvalue weighted by atomic mass is 9.91. The normalized spacial score (nSPS) is 21.9. The number of carbonyl (C=O) groups is 4. The number of carboxylic acids is 1. The third-order valence-corrected chi connectivity index (χ3v) is 8.81. The van der Waals surface area contributed by atoms with Gasteiger partial charge in [0.25, 0.3) is 11.8 Å². The summed E-state index contributed by atoms with van der Waals surface area (Å²) in [7, 11) is 0. The summed E-state index contributed by atoms with van der Waals surface area (Å²) >= 11 is 12.5. The minimum atomic E-state index is -1.35. The zero-order valence-corrected chi connectivity index (χ0v) is 25.0. The number of aromatic nitrogens is 2. The molecule has 0 bridgehead atoms. The first-order valence-electron chi connectivity index (χ1n) is 13.9. The van der Waals surface area contributed by atoms with E-state index in [9.17, 15) is 29.5 Å². The molecule has 1 aromatic heterocycles. The van der Waals surface area contributed by atoms with Gasteiger partial charge in [0.05, 0.1) is 23.5 Å². The number of hydrogen-bond acceptors (Lipinski definition) is 7. The van der Waals surface area contributed by atoms with Gasteiger partial charge in [-0.05, 0) is 55.7 Å². The van der Waals surface area contributed by atoms with Crippen molar-refractivity contribution in [2.24, 2.45) is 0 Å². The number of hydrogen-bond donors (Lipinski definition) is 3. The molecule has 0 spiro atoms. The Kier molecular flexibility index (Phi) is 7.36. The lowest BCUT2D eigenvalue weighted by Gasteiger charge is -2.36. The number of aliphatic carboxylic acids is 1. The van der Waals surface area contributed by atoms with Crippen LogP contribution in [-0.4, -0.2) is 74.5 Å². The second-order valence-electron chi connectivity index (χ2n) is 11.4. The highest BCUT2D eigenvalue weighted by Crippen LogP contribution is 2.44. The number of nitrogens with zero attached hydrogens (tertiary/aromatic N) is 5.